The largest absolute Gasteiger partial charge is 0.356 e. The van der Waals surface area contributed by atoms with E-state index in [4.69, 9.17) is 0 Å². The third-order valence-corrected chi connectivity index (χ3v) is 4.25. The number of ketones is 1. The maximum atomic E-state index is 12.3. The maximum Gasteiger partial charge on any atom is 0.220 e. The zero-order valence-corrected chi connectivity index (χ0v) is 14.7. The summed E-state index contributed by atoms with van der Waals surface area (Å²) in [6.45, 7) is 13.1. The Hall–Kier alpha value is -0.860. The van der Waals surface area contributed by atoms with Crippen LogP contribution < -0.4 is 5.32 Å². The molecule has 0 aromatic rings. The second kappa shape index (κ2) is 6.93. The third kappa shape index (κ3) is 6.62. The Morgan fingerprint density at radius 1 is 0.952 bits per heavy atom. The standard InChI is InChI=1S/C18H33NO2/c1-17(2,3)12-19-15(20)11-13-7-9-14(10-8-13)16(21)18(4,5)6/h13-14H,7-12H2,1-6H3,(H,19,20). The first kappa shape index (κ1) is 18.2. The molecule has 3 heteroatoms. The summed E-state index contributed by atoms with van der Waals surface area (Å²) in [5.41, 5.74) is -0.103. The topological polar surface area (TPSA) is 46.2 Å². The van der Waals surface area contributed by atoms with Crippen LogP contribution in [-0.2, 0) is 9.59 Å². The van der Waals surface area contributed by atoms with E-state index in [-0.39, 0.29) is 22.7 Å². The lowest BCUT2D eigenvalue weighted by molar-refractivity contribution is -0.131. The highest BCUT2D eigenvalue weighted by molar-refractivity contribution is 5.86. The molecule has 1 saturated carbocycles. The summed E-state index contributed by atoms with van der Waals surface area (Å²) in [4.78, 5) is 24.2. The van der Waals surface area contributed by atoms with Gasteiger partial charge in [0.2, 0.25) is 5.91 Å². The van der Waals surface area contributed by atoms with Gasteiger partial charge in [0.1, 0.15) is 5.78 Å². The average Bonchev–Trinajstić information content (AvgIpc) is 2.34. The molecule has 1 aliphatic rings. The summed E-state index contributed by atoms with van der Waals surface area (Å²) in [6.07, 6.45) is 4.54. The Labute approximate surface area is 130 Å². The summed E-state index contributed by atoms with van der Waals surface area (Å²) in [7, 11) is 0. The van der Waals surface area contributed by atoms with E-state index in [1.54, 1.807) is 0 Å². The zero-order valence-electron chi connectivity index (χ0n) is 14.7. The Morgan fingerprint density at radius 3 is 1.90 bits per heavy atom. The lowest BCUT2D eigenvalue weighted by Gasteiger charge is -2.31. The normalized spacial score (nSPS) is 23.7. The molecule has 0 atom stereocenters. The van der Waals surface area contributed by atoms with E-state index < -0.39 is 0 Å². The summed E-state index contributed by atoms with van der Waals surface area (Å²) in [6, 6.07) is 0. The van der Waals surface area contributed by atoms with Crippen LogP contribution in [0.4, 0.5) is 0 Å². The minimum Gasteiger partial charge on any atom is -0.356 e. The van der Waals surface area contributed by atoms with Crippen molar-refractivity contribution in [3.63, 3.8) is 0 Å². The molecule has 0 heterocycles. The average molecular weight is 295 g/mol. The van der Waals surface area contributed by atoms with E-state index in [1.807, 2.05) is 20.8 Å². The lowest BCUT2D eigenvalue weighted by atomic mass is 9.73. The molecule has 0 unspecified atom stereocenters. The highest BCUT2D eigenvalue weighted by Crippen LogP contribution is 2.35. The van der Waals surface area contributed by atoms with Crippen LogP contribution in [0, 0.1) is 22.7 Å². The molecule has 1 rings (SSSR count). The molecule has 0 aromatic carbocycles. The van der Waals surface area contributed by atoms with Gasteiger partial charge >= 0.3 is 0 Å². The number of rotatable bonds is 4. The van der Waals surface area contributed by atoms with Gasteiger partial charge in [-0.05, 0) is 37.0 Å². The summed E-state index contributed by atoms with van der Waals surface area (Å²) in [5.74, 6) is 1.21. The molecule has 122 valence electrons. The fraction of sp³-hybridized carbons (Fsp3) is 0.889. The van der Waals surface area contributed by atoms with Gasteiger partial charge < -0.3 is 5.32 Å². The molecular weight excluding hydrogens is 262 g/mol. The number of carbonyl (C=O) groups is 2. The third-order valence-electron chi connectivity index (χ3n) is 4.25. The van der Waals surface area contributed by atoms with Crippen molar-refractivity contribution in [1.29, 1.82) is 0 Å². The molecule has 1 amide bonds. The minimum atomic E-state index is -0.235. The molecule has 3 nitrogen and oxygen atoms in total. The Balaban J connectivity index is 2.34. The Morgan fingerprint density at radius 2 is 1.48 bits per heavy atom. The van der Waals surface area contributed by atoms with Crippen molar-refractivity contribution in [3.8, 4) is 0 Å². The first-order chi connectivity index (χ1) is 9.49. The number of Topliss-reactive ketones (excluding diaryl/α,β-unsaturated/α-hetero) is 1. The molecule has 1 N–H and O–H groups in total. The van der Waals surface area contributed by atoms with E-state index in [1.165, 1.54) is 0 Å². The number of carbonyl (C=O) groups excluding carboxylic acids is 2. The monoisotopic (exact) mass is 295 g/mol. The summed E-state index contributed by atoms with van der Waals surface area (Å²) in [5, 5.41) is 3.02. The first-order valence-electron chi connectivity index (χ1n) is 8.30. The van der Waals surface area contributed by atoms with Crippen LogP contribution in [-0.4, -0.2) is 18.2 Å². The van der Waals surface area contributed by atoms with Crippen LogP contribution in [0.3, 0.4) is 0 Å². The van der Waals surface area contributed by atoms with Crippen molar-refractivity contribution in [2.24, 2.45) is 22.7 Å². The van der Waals surface area contributed by atoms with Gasteiger partial charge in [-0.3, -0.25) is 9.59 Å². The smallest absolute Gasteiger partial charge is 0.220 e. The second-order valence-electron chi connectivity index (χ2n) is 8.87. The van der Waals surface area contributed by atoms with Crippen molar-refractivity contribution >= 4 is 11.7 Å². The molecule has 0 bridgehead atoms. The van der Waals surface area contributed by atoms with Gasteiger partial charge in [0, 0.05) is 24.3 Å². The first-order valence-corrected chi connectivity index (χ1v) is 8.30. The van der Waals surface area contributed by atoms with Crippen molar-refractivity contribution in [2.75, 3.05) is 6.54 Å². The Kier molecular flexibility index (Phi) is 6.01. The lowest BCUT2D eigenvalue weighted by Crippen LogP contribution is -2.35. The number of amides is 1. The van der Waals surface area contributed by atoms with Crippen molar-refractivity contribution in [2.45, 2.75) is 73.6 Å². The highest BCUT2D eigenvalue weighted by atomic mass is 16.1. The van der Waals surface area contributed by atoms with Crippen LogP contribution in [0.15, 0.2) is 0 Å². The fourth-order valence-corrected chi connectivity index (χ4v) is 2.94. The van der Waals surface area contributed by atoms with Crippen LogP contribution in [0.5, 0.6) is 0 Å². The quantitative estimate of drug-likeness (QED) is 0.853. The molecule has 21 heavy (non-hydrogen) atoms. The molecule has 1 aliphatic carbocycles. The molecule has 0 aliphatic heterocycles. The van der Waals surface area contributed by atoms with Gasteiger partial charge in [0.25, 0.3) is 0 Å². The molecule has 0 radical (unpaired) electrons. The van der Waals surface area contributed by atoms with Gasteiger partial charge in [-0.15, -0.1) is 0 Å². The number of hydrogen-bond donors (Lipinski definition) is 1. The van der Waals surface area contributed by atoms with Crippen molar-refractivity contribution in [3.05, 3.63) is 0 Å². The SMILES string of the molecule is CC(C)(C)CNC(=O)CC1CCC(C(=O)C(C)(C)C)CC1. The Bertz CT molecular complexity index is 366. The number of nitrogens with one attached hydrogen (secondary N) is 1. The van der Waals surface area contributed by atoms with Crippen molar-refractivity contribution < 1.29 is 9.59 Å². The second-order valence-corrected chi connectivity index (χ2v) is 8.87. The van der Waals surface area contributed by atoms with Crippen LogP contribution in [0.25, 0.3) is 0 Å². The molecule has 0 spiro atoms. The fourth-order valence-electron chi connectivity index (χ4n) is 2.94. The minimum absolute atomic E-state index is 0.131. The predicted octanol–water partition coefficient (Wildman–Crippen LogP) is 3.96. The van der Waals surface area contributed by atoms with E-state index in [2.05, 4.69) is 26.1 Å². The molecule has 0 saturated heterocycles. The van der Waals surface area contributed by atoms with Crippen LogP contribution >= 0.6 is 0 Å². The van der Waals surface area contributed by atoms with Gasteiger partial charge in [-0.25, -0.2) is 0 Å². The van der Waals surface area contributed by atoms with Crippen LogP contribution in [0.2, 0.25) is 0 Å². The molecular formula is C18H33NO2. The molecule has 0 aromatic heterocycles. The maximum absolute atomic E-state index is 12.3. The van der Waals surface area contributed by atoms with E-state index in [0.717, 1.165) is 32.2 Å². The van der Waals surface area contributed by atoms with Gasteiger partial charge in [0.05, 0.1) is 0 Å². The summed E-state index contributed by atoms with van der Waals surface area (Å²) >= 11 is 0. The van der Waals surface area contributed by atoms with Crippen LogP contribution in [0.1, 0.15) is 73.6 Å². The van der Waals surface area contributed by atoms with Gasteiger partial charge in [-0.1, -0.05) is 41.5 Å². The molecule has 1 fully saturated rings. The van der Waals surface area contributed by atoms with E-state index in [0.29, 0.717) is 18.1 Å². The summed E-state index contributed by atoms with van der Waals surface area (Å²) < 4.78 is 0. The van der Waals surface area contributed by atoms with Gasteiger partial charge in [0.15, 0.2) is 0 Å². The van der Waals surface area contributed by atoms with Crippen molar-refractivity contribution in [1.82, 2.24) is 5.32 Å². The zero-order chi connectivity index (χ0) is 16.3. The predicted molar refractivity (Wildman–Crippen MR) is 87.0 cm³/mol. The van der Waals surface area contributed by atoms with E-state index in [9.17, 15) is 9.59 Å². The highest BCUT2D eigenvalue weighted by Gasteiger charge is 2.33. The van der Waals surface area contributed by atoms with E-state index >= 15 is 0 Å². The number of hydrogen-bond acceptors (Lipinski definition) is 2. The van der Waals surface area contributed by atoms with Gasteiger partial charge in [-0.2, -0.15) is 0 Å².